The third-order valence-electron chi connectivity index (χ3n) is 5.56. The van der Waals surface area contributed by atoms with E-state index in [1.807, 2.05) is 6.92 Å². The molecule has 1 aliphatic rings. The second kappa shape index (κ2) is 10.1. The number of alkyl halides is 3. The molecule has 1 aliphatic carbocycles. The fraction of sp³-hybridized carbons (Fsp3) is 0.667. The van der Waals surface area contributed by atoms with Gasteiger partial charge in [0.25, 0.3) is 0 Å². The molecule has 0 spiro atoms. The van der Waals surface area contributed by atoms with E-state index in [-0.39, 0.29) is 17.8 Å². The summed E-state index contributed by atoms with van der Waals surface area (Å²) in [6.45, 7) is 2.03. The molecule has 0 radical (unpaired) electrons. The van der Waals surface area contributed by atoms with Crippen LogP contribution < -0.4 is 10.5 Å². The van der Waals surface area contributed by atoms with Crippen molar-refractivity contribution >= 4 is 6.09 Å². The Kier molecular flexibility index (Phi) is 8.16. The van der Waals surface area contributed by atoms with E-state index in [9.17, 15) is 18.0 Å². The van der Waals surface area contributed by atoms with E-state index in [2.05, 4.69) is 0 Å². The number of nitrogens with zero attached hydrogens (tertiary/aromatic N) is 1. The Bertz CT molecular complexity index is 609. The first-order chi connectivity index (χ1) is 13.2. The number of benzene rings is 1. The topological polar surface area (TPSA) is 55.6 Å². The summed E-state index contributed by atoms with van der Waals surface area (Å²) in [5.41, 5.74) is 5.01. The average Bonchev–Trinajstić information content (AvgIpc) is 2.64. The fourth-order valence-corrected chi connectivity index (χ4v) is 3.75. The zero-order chi connectivity index (χ0) is 20.7. The molecule has 0 saturated heterocycles. The van der Waals surface area contributed by atoms with Gasteiger partial charge < -0.3 is 15.4 Å². The molecular weight excluding hydrogens is 369 g/mol. The van der Waals surface area contributed by atoms with E-state index in [0.717, 1.165) is 50.7 Å². The molecule has 4 nitrogen and oxygen atoms in total. The first-order valence-corrected chi connectivity index (χ1v) is 10.0. The standard InChI is InChI=1S/C21H31F3N2O2/c1-15(25)5-3-4-6-16-7-11-18(12-8-16)26(2)20(27)28-19-13-9-17(10-14-19)21(22,23)24/h9-10,13-16,18H,3-8,11-12,25H2,1-2H3. The van der Waals surface area contributed by atoms with Crippen LogP contribution in [0.15, 0.2) is 24.3 Å². The van der Waals surface area contributed by atoms with E-state index in [1.54, 1.807) is 11.9 Å². The van der Waals surface area contributed by atoms with Crippen molar-refractivity contribution in [1.82, 2.24) is 4.90 Å². The molecule has 158 valence electrons. The van der Waals surface area contributed by atoms with Gasteiger partial charge in [0.05, 0.1) is 5.56 Å². The van der Waals surface area contributed by atoms with E-state index < -0.39 is 17.8 Å². The van der Waals surface area contributed by atoms with Crippen LogP contribution in [-0.2, 0) is 6.18 Å². The largest absolute Gasteiger partial charge is 0.416 e. The Balaban J connectivity index is 1.75. The molecule has 0 aromatic heterocycles. The van der Waals surface area contributed by atoms with Crippen molar-refractivity contribution in [2.45, 2.75) is 76.6 Å². The SMILES string of the molecule is CC(N)CCCCC1CCC(N(C)C(=O)Oc2ccc(C(F)(F)F)cc2)CC1. The van der Waals surface area contributed by atoms with E-state index in [0.29, 0.717) is 5.92 Å². The van der Waals surface area contributed by atoms with E-state index >= 15 is 0 Å². The number of ether oxygens (including phenoxy) is 1. The van der Waals surface area contributed by atoms with Gasteiger partial charge in [-0.3, -0.25) is 0 Å². The number of amides is 1. The monoisotopic (exact) mass is 400 g/mol. The van der Waals surface area contributed by atoms with Crippen LogP contribution >= 0.6 is 0 Å². The summed E-state index contributed by atoms with van der Waals surface area (Å²) in [7, 11) is 1.69. The molecular formula is C21H31F3N2O2. The lowest BCUT2D eigenvalue weighted by atomic mass is 9.82. The van der Waals surface area contributed by atoms with Crippen LogP contribution in [0, 0.1) is 5.92 Å². The van der Waals surface area contributed by atoms with Gasteiger partial charge in [-0.2, -0.15) is 13.2 Å². The smallest absolute Gasteiger partial charge is 0.410 e. The summed E-state index contributed by atoms with van der Waals surface area (Å²) in [4.78, 5) is 13.9. The number of nitrogens with two attached hydrogens (primary N) is 1. The van der Waals surface area contributed by atoms with Gasteiger partial charge in [-0.25, -0.2) is 4.79 Å². The Morgan fingerprint density at radius 2 is 1.79 bits per heavy atom. The van der Waals surface area contributed by atoms with Crippen LogP contribution in [0.2, 0.25) is 0 Å². The lowest BCUT2D eigenvalue weighted by Crippen LogP contribution is -2.41. The molecule has 1 unspecified atom stereocenters. The lowest BCUT2D eigenvalue weighted by molar-refractivity contribution is -0.137. The van der Waals surface area contributed by atoms with Crippen LogP contribution in [0.1, 0.15) is 63.9 Å². The van der Waals surface area contributed by atoms with Crippen LogP contribution in [0.4, 0.5) is 18.0 Å². The van der Waals surface area contributed by atoms with Crippen molar-refractivity contribution in [3.05, 3.63) is 29.8 Å². The minimum atomic E-state index is -4.40. The van der Waals surface area contributed by atoms with Gasteiger partial charge in [0.15, 0.2) is 0 Å². The normalized spacial score (nSPS) is 21.2. The van der Waals surface area contributed by atoms with Gasteiger partial charge in [-0.15, -0.1) is 0 Å². The first kappa shape index (κ1) is 22.5. The van der Waals surface area contributed by atoms with Gasteiger partial charge in [0.2, 0.25) is 0 Å². The van der Waals surface area contributed by atoms with Crippen molar-refractivity contribution < 1.29 is 22.7 Å². The zero-order valence-electron chi connectivity index (χ0n) is 16.7. The minimum Gasteiger partial charge on any atom is -0.410 e. The molecule has 0 aliphatic heterocycles. The molecule has 2 rings (SSSR count). The molecule has 2 N–H and O–H groups in total. The summed E-state index contributed by atoms with van der Waals surface area (Å²) < 4.78 is 43.0. The Morgan fingerprint density at radius 3 is 2.32 bits per heavy atom. The number of carbonyl (C=O) groups excluding carboxylic acids is 1. The minimum absolute atomic E-state index is 0.113. The fourth-order valence-electron chi connectivity index (χ4n) is 3.75. The third kappa shape index (κ3) is 7.00. The highest BCUT2D eigenvalue weighted by molar-refractivity contribution is 5.70. The van der Waals surface area contributed by atoms with Crippen molar-refractivity contribution in [2.75, 3.05) is 7.05 Å². The Labute approximate surface area is 165 Å². The molecule has 28 heavy (non-hydrogen) atoms. The molecule has 1 aromatic rings. The molecule has 1 amide bonds. The summed E-state index contributed by atoms with van der Waals surface area (Å²) in [6.07, 6.45) is 3.72. The quantitative estimate of drug-likeness (QED) is 0.606. The molecule has 1 atom stereocenters. The highest BCUT2D eigenvalue weighted by Crippen LogP contribution is 2.32. The van der Waals surface area contributed by atoms with Crippen LogP contribution in [0.3, 0.4) is 0 Å². The van der Waals surface area contributed by atoms with Crippen LogP contribution in [0.5, 0.6) is 5.75 Å². The highest BCUT2D eigenvalue weighted by Gasteiger charge is 2.31. The second-order valence-corrected chi connectivity index (χ2v) is 7.94. The molecule has 1 saturated carbocycles. The average molecular weight is 400 g/mol. The summed E-state index contributed by atoms with van der Waals surface area (Å²) >= 11 is 0. The van der Waals surface area contributed by atoms with Gasteiger partial charge in [0.1, 0.15) is 5.75 Å². The molecule has 0 bridgehead atoms. The number of rotatable bonds is 7. The number of carbonyl (C=O) groups is 1. The number of unbranched alkanes of at least 4 members (excludes halogenated alkanes) is 1. The Hall–Kier alpha value is -1.76. The van der Waals surface area contributed by atoms with Gasteiger partial charge in [0, 0.05) is 19.1 Å². The maximum atomic E-state index is 12.6. The number of hydrogen-bond acceptors (Lipinski definition) is 3. The van der Waals surface area contributed by atoms with Crippen molar-refractivity contribution in [3.63, 3.8) is 0 Å². The van der Waals surface area contributed by atoms with Crippen molar-refractivity contribution in [3.8, 4) is 5.75 Å². The van der Waals surface area contributed by atoms with Crippen LogP contribution in [0.25, 0.3) is 0 Å². The van der Waals surface area contributed by atoms with E-state index in [4.69, 9.17) is 10.5 Å². The maximum absolute atomic E-state index is 12.6. The van der Waals surface area contributed by atoms with Gasteiger partial charge in [-0.1, -0.05) is 19.3 Å². The lowest BCUT2D eigenvalue weighted by Gasteiger charge is -2.34. The first-order valence-electron chi connectivity index (χ1n) is 10.0. The zero-order valence-corrected chi connectivity index (χ0v) is 16.7. The van der Waals surface area contributed by atoms with E-state index in [1.165, 1.54) is 25.0 Å². The Morgan fingerprint density at radius 1 is 1.18 bits per heavy atom. The predicted octanol–water partition coefficient (Wildman–Crippen LogP) is 5.60. The number of halogens is 3. The highest BCUT2D eigenvalue weighted by atomic mass is 19.4. The maximum Gasteiger partial charge on any atom is 0.416 e. The van der Waals surface area contributed by atoms with Gasteiger partial charge in [-0.05, 0) is 69.2 Å². The molecule has 0 heterocycles. The predicted molar refractivity (Wildman–Crippen MR) is 103 cm³/mol. The molecule has 1 aromatic carbocycles. The summed E-state index contributed by atoms with van der Waals surface area (Å²) in [6, 6.07) is 4.56. The molecule has 1 fully saturated rings. The van der Waals surface area contributed by atoms with Crippen molar-refractivity contribution in [2.24, 2.45) is 11.7 Å². The summed E-state index contributed by atoms with van der Waals surface area (Å²) in [5, 5.41) is 0. The second-order valence-electron chi connectivity index (χ2n) is 7.94. The van der Waals surface area contributed by atoms with Crippen LogP contribution in [-0.4, -0.2) is 30.1 Å². The third-order valence-corrected chi connectivity index (χ3v) is 5.56. The van der Waals surface area contributed by atoms with Crippen molar-refractivity contribution in [1.29, 1.82) is 0 Å². The molecule has 7 heteroatoms. The van der Waals surface area contributed by atoms with Gasteiger partial charge >= 0.3 is 12.3 Å². The summed E-state index contributed by atoms with van der Waals surface area (Å²) in [5.74, 6) is 0.816. The number of hydrogen-bond donors (Lipinski definition) is 1.